The molecule has 0 spiro atoms. The third kappa shape index (κ3) is 15.5. The fraction of sp³-hybridized carbons (Fsp3) is 0.719. The van der Waals surface area contributed by atoms with Gasteiger partial charge >= 0.3 is 6.16 Å². The minimum absolute atomic E-state index is 0.0233. The number of amides is 2. The number of methoxy groups -OCH3 is 2. The van der Waals surface area contributed by atoms with Gasteiger partial charge in [-0.15, -0.1) is 0 Å². The highest BCUT2D eigenvalue weighted by Gasteiger charge is 2.35. The minimum Gasteiger partial charge on any atom is -0.493 e. The quantitative estimate of drug-likeness (QED) is 0.0488. The summed E-state index contributed by atoms with van der Waals surface area (Å²) in [7, 11) is 3.22. The van der Waals surface area contributed by atoms with E-state index in [9.17, 15) is 14.4 Å². The predicted octanol–water partition coefficient (Wildman–Crippen LogP) is 3.42. The van der Waals surface area contributed by atoms with E-state index < -0.39 is 47.7 Å². The van der Waals surface area contributed by atoms with Crippen LogP contribution in [0.15, 0.2) is 18.2 Å². The fourth-order valence-corrected chi connectivity index (χ4v) is 4.79. The Morgan fingerprint density at radius 3 is 2.23 bits per heavy atom. The zero-order valence-corrected chi connectivity index (χ0v) is 29.0. The average molecular weight is 673 g/mol. The third-order valence-corrected chi connectivity index (χ3v) is 8.06. The van der Waals surface area contributed by atoms with Crippen molar-refractivity contribution >= 4 is 18.0 Å². The number of primary amides is 1. The Morgan fingerprint density at radius 2 is 1.68 bits per heavy atom. The van der Waals surface area contributed by atoms with Gasteiger partial charge < -0.3 is 40.5 Å². The Bertz CT molecular complexity index is 1100. The molecule has 0 heterocycles. The summed E-state index contributed by atoms with van der Waals surface area (Å²) in [6, 6.07) is 5.04. The van der Waals surface area contributed by atoms with E-state index in [4.69, 9.17) is 45.6 Å². The maximum Gasteiger partial charge on any atom is 0.510 e. The van der Waals surface area contributed by atoms with E-state index >= 15 is 0 Å². The van der Waals surface area contributed by atoms with E-state index in [-0.39, 0.29) is 36.6 Å². The molecular formula is C32H56N4O11. The molecule has 2 amide bonds. The zero-order valence-electron chi connectivity index (χ0n) is 29.0. The lowest BCUT2D eigenvalue weighted by molar-refractivity contribution is -0.504. The van der Waals surface area contributed by atoms with Crippen molar-refractivity contribution in [1.29, 1.82) is 0 Å². The smallest absolute Gasteiger partial charge is 0.493 e. The molecule has 1 aromatic carbocycles. The van der Waals surface area contributed by atoms with Crippen LogP contribution in [0.4, 0.5) is 4.79 Å². The third-order valence-electron chi connectivity index (χ3n) is 8.06. The number of nitrogens with two attached hydrogens (primary N) is 2. The summed E-state index contributed by atoms with van der Waals surface area (Å²) in [5, 5.41) is 19.6. The number of benzene rings is 1. The molecule has 0 aromatic heterocycles. The van der Waals surface area contributed by atoms with E-state index in [0.717, 1.165) is 12.0 Å². The molecule has 0 aliphatic heterocycles. The molecule has 0 aliphatic carbocycles. The van der Waals surface area contributed by atoms with Crippen molar-refractivity contribution in [2.45, 2.75) is 79.4 Å². The van der Waals surface area contributed by atoms with E-state index in [1.165, 1.54) is 0 Å². The van der Waals surface area contributed by atoms with Crippen molar-refractivity contribution in [3.8, 4) is 11.5 Å². The van der Waals surface area contributed by atoms with Gasteiger partial charge in [0.15, 0.2) is 11.5 Å². The van der Waals surface area contributed by atoms with E-state index in [2.05, 4.69) is 24.0 Å². The summed E-state index contributed by atoms with van der Waals surface area (Å²) in [6.07, 6.45) is -0.313. The summed E-state index contributed by atoms with van der Waals surface area (Å²) in [5.74, 6) is -0.306. The number of hydrogen-bond donors (Lipinski definition) is 5. The van der Waals surface area contributed by atoms with Gasteiger partial charge in [-0.2, -0.15) is 0 Å². The minimum atomic E-state index is -1.17. The second-order valence-electron chi connectivity index (χ2n) is 12.9. The van der Waals surface area contributed by atoms with Gasteiger partial charge in [-0.05, 0) is 68.6 Å². The van der Waals surface area contributed by atoms with Crippen LogP contribution in [0.5, 0.6) is 11.5 Å². The Labute approximate surface area is 278 Å². The molecule has 4 unspecified atom stereocenters. The van der Waals surface area contributed by atoms with Crippen LogP contribution in [0, 0.1) is 29.1 Å². The van der Waals surface area contributed by atoms with Crippen LogP contribution in [0.3, 0.4) is 0 Å². The largest absolute Gasteiger partial charge is 0.510 e. The van der Waals surface area contributed by atoms with Crippen LogP contribution in [0.25, 0.3) is 0 Å². The molecule has 15 heteroatoms. The first-order chi connectivity index (χ1) is 22.0. The summed E-state index contributed by atoms with van der Waals surface area (Å²) >= 11 is 0. The van der Waals surface area contributed by atoms with Crippen LogP contribution in [0.2, 0.25) is 0 Å². The number of carbonyl (C=O) groups is 3. The van der Waals surface area contributed by atoms with E-state index in [1.54, 1.807) is 28.1 Å². The number of hydrogen-bond acceptors (Lipinski definition) is 13. The molecule has 15 nitrogen and oxygen atoms in total. The Morgan fingerprint density at radius 1 is 1.00 bits per heavy atom. The molecule has 270 valence electrons. The molecule has 0 fully saturated rings. The highest BCUT2D eigenvalue weighted by molar-refractivity contribution is 5.83. The second kappa shape index (κ2) is 20.9. The molecule has 1 rings (SSSR count). The van der Waals surface area contributed by atoms with Crippen molar-refractivity contribution < 1.29 is 53.3 Å². The molecule has 4 atom stereocenters. The van der Waals surface area contributed by atoms with Crippen molar-refractivity contribution in [3.05, 3.63) is 23.8 Å². The van der Waals surface area contributed by atoms with Crippen LogP contribution >= 0.6 is 0 Å². The normalized spacial score (nSPS) is 14.4. The lowest BCUT2D eigenvalue weighted by Gasteiger charge is -2.32. The summed E-state index contributed by atoms with van der Waals surface area (Å²) in [4.78, 5) is 42.0. The lowest BCUT2D eigenvalue weighted by atomic mass is 9.80. The summed E-state index contributed by atoms with van der Waals surface area (Å²) in [6.45, 7) is 11.3. The number of nitrogens with zero attached hydrogens (tertiary/aromatic N) is 1. The first-order valence-electron chi connectivity index (χ1n) is 15.8. The van der Waals surface area contributed by atoms with Crippen molar-refractivity contribution in [1.82, 2.24) is 10.7 Å². The summed E-state index contributed by atoms with van der Waals surface area (Å²) in [5.41, 5.74) is 12.2. The molecule has 7 N–H and O–H groups in total. The second-order valence-corrected chi connectivity index (χ2v) is 12.9. The van der Waals surface area contributed by atoms with Gasteiger partial charge in [0, 0.05) is 38.6 Å². The van der Waals surface area contributed by atoms with Crippen LogP contribution in [0.1, 0.15) is 66.4 Å². The van der Waals surface area contributed by atoms with E-state index in [0.29, 0.717) is 37.6 Å². The first kappa shape index (κ1) is 41.8. The molecule has 0 bridgehead atoms. The molecule has 0 saturated carbocycles. The number of nitrogens with one attached hydrogen (secondary N) is 1. The molecule has 1 aromatic rings. The Kier molecular flexibility index (Phi) is 18.6. The van der Waals surface area contributed by atoms with Gasteiger partial charge in [-0.3, -0.25) is 20.0 Å². The average Bonchev–Trinajstić information content (AvgIpc) is 2.99. The van der Waals surface area contributed by atoms with Gasteiger partial charge in [-0.25, -0.2) is 9.63 Å². The first-order valence-corrected chi connectivity index (χ1v) is 15.8. The van der Waals surface area contributed by atoms with E-state index in [1.807, 2.05) is 32.0 Å². The van der Waals surface area contributed by atoms with Crippen LogP contribution in [-0.2, 0) is 35.1 Å². The van der Waals surface area contributed by atoms with Crippen LogP contribution < -0.4 is 26.3 Å². The lowest BCUT2D eigenvalue weighted by Crippen LogP contribution is -2.47. The molecular weight excluding hydrogens is 616 g/mol. The van der Waals surface area contributed by atoms with Crippen molar-refractivity contribution in [3.63, 3.8) is 0 Å². The van der Waals surface area contributed by atoms with Gasteiger partial charge in [0.25, 0.3) is 0 Å². The van der Waals surface area contributed by atoms with Gasteiger partial charge in [0.05, 0.1) is 24.5 Å². The van der Waals surface area contributed by atoms with Gasteiger partial charge in [0.2, 0.25) is 18.6 Å². The standard InChI is InChI=1S/C32H56N4O11/c1-20(2)23(14-22-10-11-26(43-8)28(15-22)44-13-9-12-42-7)16-25(33)27(47-31(39)45-19-46-36(40)41)17-24(21(3)4)29(37)35-18-32(5,6)30(34)38/h10-11,15,20-21,23-25,27,40-41H,9,12-14,16-19,33H2,1-8H3,(H2,34,38)(H,35,37). The number of ether oxygens (including phenoxy) is 5. The topological polar surface area (TPSA) is 214 Å². The van der Waals surface area contributed by atoms with Gasteiger partial charge in [-0.1, -0.05) is 33.8 Å². The maximum atomic E-state index is 13.3. The number of rotatable bonds is 23. The molecule has 0 aliphatic rings. The zero-order chi connectivity index (χ0) is 35.7. The highest BCUT2D eigenvalue weighted by Crippen LogP contribution is 2.32. The predicted molar refractivity (Wildman–Crippen MR) is 171 cm³/mol. The number of carbonyl (C=O) groups excluding carboxylic acids is 3. The monoisotopic (exact) mass is 672 g/mol. The molecule has 47 heavy (non-hydrogen) atoms. The fourth-order valence-electron chi connectivity index (χ4n) is 4.79. The SMILES string of the molecule is COCCCOc1cc(CC(CC(N)C(CC(C(=O)NCC(C)(C)C(N)=O)C(C)C)OC(=O)OCON(O)O)C(C)C)ccc1OC. The van der Waals surface area contributed by atoms with Crippen LogP contribution in [-0.4, -0.2) is 86.7 Å². The Hall–Kier alpha value is -3.21. The maximum absolute atomic E-state index is 13.3. The highest BCUT2D eigenvalue weighted by atomic mass is 17.1. The van der Waals surface area contributed by atoms with Gasteiger partial charge in [0.1, 0.15) is 6.10 Å². The molecule has 0 radical (unpaired) electrons. The molecule has 0 saturated heterocycles. The van der Waals surface area contributed by atoms with Crippen molar-refractivity contribution in [2.24, 2.45) is 40.6 Å². The van der Waals surface area contributed by atoms with Crippen molar-refractivity contribution in [2.75, 3.05) is 40.8 Å². The summed E-state index contributed by atoms with van der Waals surface area (Å²) < 4.78 is 26.9. The Balaban J connectivity index is 3.22.